The molecule has 0 aliphatic rings. The monoisotopic (exact) mass is 267 g/mol. The summed E-state index contributed by atoms with van der Waals surface area (Å²) in [5.41, 5.74) is -0.0946. The fourth-order valence-electron chi connectivity index (χ4n) is 1.11. The minimum Gasteiger partial charge on any atom is -0.478 e. The largest absolute Gasteiger partial charge is 0.478 e. The highest BCUT2D eigenvalue weighted by molar-refractivity contribution is 7.16. The number of thiazole rings is 1. The first-order valence-electron chi connectivity index (χ1n) is 4.53. The number of pyridine rings is 1. The van der Waals surface area contributed by atoms with Crippen molar-refractivity contribution < 1.29 is 19.6 Å². The number of aromatic carboxylic acids is 1. The predicted octanol–water partition coefficient (Wildman–Crippen LogP) is 1.94. The highest BCUT2D eigenvalue weighted by Crippen LogP contribution is 2.31. The second-order valence-electron chi connectivity index (χ2n) is 3.00. The Hall–Kier alpha value is -2.55. The summed E-state index contributed by atoms with van der Waals surface area (Å²) in [7, 11) is 0. The molecule has 0 atom stereocenters. The van der Waals surface area contributed by atoms with Crippen LogP contribution in [-0.4, -0.2) is 26.0 Å². The van der Waals surface area contributed by atoms with E-state index in [1.165, 1.54) is 18.5 Å². The van der Waals surface area contributed by atoms with Gasteiger partial charge in [-0.05, 0) is 17.4 Å². The number of carbonyl (C=O) groups is 1. The van der Waals surface area contributed by atoms with Gasteiger partial charge in [0.25, 0.3) is 5.19 Å². The molecular weight excluding hydrogens is 262 g/mol. The van der Waals surface area contributed by atoms with Crippen molar-refractivity contribution in [2.45, 2.75) is 0 Å². The molecule has 0 saturated carbocycles. The first-order valence-corrected chi connectivity index (χ1v) is 5.35. The number of carboxylic acid groups (broad SMARTS) is 1. The molecule has 2 aromatic heterocycles. The van der Waals surface area contributed by atoms with Gasteiger partial charge in [-0.2, -0.15) is 0 Å². The number of hydrogen-bond acceptors (Lipinski definition) is 7. The van der Waals surface area contributed by atoms with Crippen LogP contribution in [0.4, 0.5) is 5.00 Å². The van der Waals surface area contributed by atoms with Crippen LogP contribution in [0.15, 0.2) is 24.7 Å². The maximum Gasteiger partial charge on any atom is 0.347 e. The summed E-state index contributed by atoms with van der Waals surface area (Å²) in [5.74, 6) is -1.20. The highest BCUT2D eigenvalue weighted by atomic mass is 32.1. The molecule has 0 spiro atoms. The Kier molecular flexibility index (Phi) is 3.15. The van der Waals surface area contributed by atoms with E-state index >= 15 is 0 Å². The van der Waals surface area contributed by atoms with Gasteiger partial charge in [-0.15, -0.1) is 0 Å². The quantitative estimate of drug-likeness (QED) is 0.664. The Labute approximate surface area is 104 Å². The fourth-order valence-corrected chi connectivity index (χ4v) is 1.71. The van der Waals surface area contributed by atoms with E-state index in [1.807, 2.05) is 0 Å². The average molecular weight is 267 g/mol. The number of rotatable bonds is 4. The molecule has 18 heavy (non-hydrogen) atoms. The Balaban J connectivity index is 2.28. The molecule has 2 rings (SSSR count). The maximum atomic E-state index is 10.9. The summed E-state index contributed by atoms with van der Waals surface area (Å²) in [6, 6.07) is 1.26. The summed E-state index contributed by atoms with van der Waals surface area (Å²) in [6.45, 7) is 0. The Morgan fingerprint density at radius 2 is 2.28 bits per heavy atom. The maximum absolute atomic E-state index is 10.9. The van der Waals surface area contributed by atoms with Gasteiger partial charge in [0.15, 0.2) is 5.75 Å². The van der Waals surface area contributed by atoms with E-state index in [4.69, 9.17) is 9.84 Å². The predicted molar refractivity (Wildman–Crippen MR) is 60.0 cm³/mol. The number of hydrogen-bond donors (Lipinski definition) is 1. The van der Waals surface area contributed by atoms with Crippen LogP contribution < -0.4 is 4.74 Å². The lowest BCUT2D eigenvalue weighted by Gasteiger charge is -2.03. The van der Waals surface area contributed by atoms with Gasteiger partial charge < -0.3 is 9.84 Å². The van der Waals surface area contributed by atoms with Gasteiger partial charge in [-0.3, -0.25) is 15.1 Å². The van der Waals surface area contributed by atoms with Crippen molar-refractivity contribution in [1.29, 1.82) is 0 Å². The van der Waals surface area contributed by atoms with Gasteiger partial charge >= 0.3 is 11.0 Å². The van der Waals surface area contributed by atoms with Crippen LogP contribution in [0.3, 0.4) is 0 Å². The fraction of sp³-hybridized carbons (Fsp3) is 0. The van der Waals surface area contributed by atoms with Crippen LogP contribution in [0.5, 0.6) is 10.9 Å². The third kappa shape index (κ3) is 2.40. The molecule has 0 aromatic carbocycles. The molecule has 0 unspecified atom stereocenters. The molecule has 0 aliphatic heterocycles. The van der Waals surface area contributed by atoms with E-state index in [-0.39, 0.29) is 21.5 Å². The molecule has 0 saturated heterocycles. The molecule has 1 N–H and O–H groups in total. The normalized spacial score (nSPS) is 10.0. The van der Waals surface area contributed by atoms with Gasteiger partial charge in [-0.25, -0.2) is 9.78 Å². The van der Waals surface area contributed by atoms with Crippen molar-refractivity contribution in [3.63, 3.8) is 0 Å². The Morgan fingerprint density at radius 3 is 2.89 bits per heavy atom. The number of carboxylic acids is 1. The average Bonchev–Trinajstić information content (AvgIpc) is 2.78. The van der Waals surface area contributed by atoms with E-state index in [0.29, 0.717) is 11.3 Å². The van der Waals surface area contributed by atoms with Crippen LogP contribution in [-0.2, 0) is 0 Å². The lowest BCUT2D eigenvalue weighted by Crippen LogP contribution is -2.00. The number of ether oxygens (including phenoxy) is 1. The zero-order valence-corrected chi connectivity index (χ0v) is 9.46. The molecule has 2 aromatic rings. The standard InChI is InChI=1S/C9H5N3O5S/c13-8(14)5-1-2-10-3-6(5)17-9-11-4-7(18-9)12(15)16/h1-4H,(H,13,14). The van der Waals surface area contributed by atoms with Crippen LogP contribution in [0.1, 0.15) is 10.4 Å². The Bertz CT molecular complexity index is 612. The lowest BCUT2D eigenvalue weighted by atomic mass is 10.2. The van der Waals surface area contributed by atoms with Crippen molar-refractivity contribution in [3.05, 3.63) is 40.3 Å². The minimum absolute atomic E-state index is 0.0165. The molecule has 2 heterocycles. The van der Waals surface area contributed by atoms with E-state index in [0.717, 1.165) is 6.20 Å². The van der Waals surface area contributed by atoms with Crippen molar-refractivity contribution in [1.82, 2.24) is 9.97 Å². The van der Waals surface area contributed by atoms with E-state index in [9.17, 15) is 14.9 Å². The Morgan fingerprint density at radius 1 is 1.50 bits per heavy atom. The van der Waals surface area contributed by atoms with Gasteiger partial charge in [0.1, 0.15) is 11.8 Å². The molecule has 0 bridgehead atoms. The van der Waals surface area contributed by atoms with Crippen molar-refractivity contribution in [2.75, 3.05) is 0 Å². The third-order valence-corrected chi connectivity index (χ3v) is 2.69. The summed E-state index contributed by atoms with van der Waals surface area (Å²) in [6.07, 6.45) is 3.55. The number of nitrogens with zero attached hydrogens (tertiary/aromatic N) is 3. The summed E-state index contributed by atoms with van der Waals surface area (Å²) < 4.78 is 5.16. The van der Waals surface area contributed by atoms with Crippen LogP contribution in [0.25, 0.3) is 0 Å². The van der Waals surface area contributed by atoms with Gasteiger partial charge in [0, 0.05) is 6.20 Å². The molecule has 9 heteroatoms. The summed E-state index contributed by atoms with van der Waals surface area (Å²) in [5, 5.41) is 19.2. The van der Waals surface area contributed by atoms with Crippen LogP contribution in [0, 0.1) is 10.1 Å². The van der Waals surface area contributed by atoms with Gasteiger partial charge in [0.2, 0.25) is 0 Å². The zero-order valence-electron chi connectivity index (χ0n) is 8.64. The minimum atomic E-state index is -1.18. The first kappa shape index (κ1) is 11.9. The van der Waals surface area contributed by atoms with Crippen molar-refractivity contribution in [3.8, 4) is 10.9 Å². The third-order valence-electron chi connectivity index (χ3n) is 1.86. The highest BCUT2D eigenvalue weighted by Gasteiger charge is 2.16. The topological polar surface area (TPSA) is 115 Å². The van der Waals surface area contributed by atoms with Crippen molar-refractivity contribution in [2.24, 2.45) is 0 Å². The van der Waals surface area contributed by atoms with Gasteiger partial charge in [0.05, 0.1) is 11.1 Å². The van der Waals surface area contributed by atoms with E-state index in [1.54, 1.807) is 0 Å². The molecule has 0 aliphatic carbocycles. The molecule has 0 amide bonds. The van der Waals surface area contributed by atoms with Crippen LogP contribution in [0.2, 0.25) is 0 Å². The summed E-state index contributed by atoms with van der Waals surface area (Å²) >= 11 is 0.703. The van der Waals surface area contributed by atoms with E-state index in [2.05, 4.69) is 9.97 Å². The second-order valence-corrected chi connectivity index (χ2v) is 3.97. The molecule has 8 nitrogen and oxygen atoms in total. The van der Waals surface area contributed by atoms with Gasteiger partial charge in [-0.1, -0.05) is 0 Å². The summed E-state index contributed by atoms with van der Waals surface area (Å²) in [4.78, 5) is 28.1. The number of nitro groups is 1. The first-order chi connectivity index (χ1) is 8.58. The van der Waals surface area contributed by atoms with Crippen LogP contribution >= 0.6 is 11.3 Å². The zero-order chi connectivity index (χ0) is 13.1. The SMILES string of the molecule is O=C(O)c1ccncc1Oc1ncc([N+](=O)[O-])s1. The number of aromatic nitrogens is 2. The second kappa shape index (κ2) is 4.75. The van der Waals surface area contributed by atoms with Crippen molar-refractivity contribution >= 4 is 22.3 Å². The van der Waals surface area contributed by atoms with E-state index < -0.39 is 10.9 Å². The lowest BCUT2D eigenvalue weighted by molar-refractivity contribution is -0.380. The molecule has 0 radical (unpaired) electrons. The molecular formula is C9H5N3O5S. The molecule has 0 fully saturated rings. The smallest absolute Gasteiger partial charge is 0.347 e. The molecule has 92 valence electrons.